The van der Waals surface area contributed by atoms with E-state index in [1.807, 2.05) is 47.2 Å². The summed E-state index contributed by atoms with van der Waals surface area (Å²) in [6.45, 7) is 0.388. The van der Waals surface area contributed by atoms with Crippen LogP contribution in [-0.2, 0) is 4.79 Å². The molecule has 3 rings (SSSR count). The highest BCUT2D eigenvalue weighted by molar-refractivity contribution is 7.08. The van der Waals surface area contributed by atoms with Crippen LogP contribution in [-0.4, -0.2) is 42.5 Å². The van der Waals surface area contributed by atoms with E-state index in [-0.39, 0.29) is 12.3 Å². The van der Waals surface area contributed by atoms with E-state index < -0.39 is 12.3 Å². The molecule has 0 fully saturated rings. The molecule has 0 atom stereocenters. The monoisotopic (exact) mass is 447 g/mol. The maximum absolute atomic E-state index is 12.5. The summed E-state index contributed by atoms with van der Waals surface area (Å²) in [5, 5.41) is 12.9. The number of carboxylic acids is 1. The first kappa shape index (κ1) is 22.6. The summed E-state index contributed by atoms with van der Waals surface area (Å²) >= 11 is 1.56. The highest BCUT2D eigenvalue weighted by Gasteiger charge is 2.31. The summed E-state index contributed by atoms with van der Waals surface area (Å²) in [4.78, 5) is 12.6. The first-order valence-corrected chi connectivity index (χ1v) is 10.3. The minimum Gasteiger partial charge on any atom is -0.480 e. The second kappa shape index (κ2) is 9.80. The molecule has 31 heavy (non-hydrogen) atoms. The minimum atomic E-state index is -4.74. The second-order valence-electron chi connectivity index (χ2n) is 6.87. The van der Waals surface area contributed by atoms with Gasteiger partial charge in [0.05, 0.1) is 6.54 Å². The van der Waals surface area contributed by atoms with Crippen LogP contribution in [0.15, 0.2) is 71.4 Å². The molecule has 0 aliphatic heterocycles. The Morgan fingerprint density at radius 1 is 1.10 bits per heavy atom. The van der Waals surface area contributed by atoms with Crippen molar-refractivity contribution < 1.29 is 27.8 Å². The van der Waals surface area contributed by atoms with Gasteiger partial charge in [-0.25, -0.2) is 0 Å². The van der Waals surface area contributed by atoms with Crippen molar-refractivity contribution in [3.63, 3.8) is 0 Å². The van der Waals surface area contributed by atoms with Crippen molar-refractivity contribution in [1.82, 2.24) is 4.90 Å². The van der Waals surface area contributed by atoms with Crippen LogP contribution in [0, 0.1) is 0 Å². The lowest BCUT2D eigenvalue weighted by molar-refractivity contribution is -0.274. The number of halogens is 3. The van der Waals surface area contributed by atoms with Gasteiger partial charge in [0.15, 0.2) is 0 Å². The van der Waals surface area contributed by atoms with E-state index in [2.05, 4.69) is 4.74 Å². The standard InChI is InChI=1S/C23H20F3NO3S/c1-27(14-22(28)29)11-9-21(19-10-12-31-15-19)17-7-5-16(6-8-17)18-3-2-4-20(13-18)30-23(24,25)26/h2-10,12-13,15H,11,14H2,1H3,(H,28,29). The van der Waals surface area contributed by atoms with E-state index in [0.717, 1.165) is 22.3 Å². The Labute approximate surface area is 181 Å². The third-order valence-corrected chi connectivity index (χ3v) is 5.12. The fourth-order valence-electron chi connectivity index (χ4n) is 3.08. The zero-order valence-corrected chi connectivity index (χ0v) is 17.4. The number of carbonyl (C=O) groups is 1. The second-order valence-corrected chi connectivity index (χ2v) is 7.65. The van der Waals surface area contributed by atoms with Gasteiger partial charge < -0.3 is 9.84 Å². The molecule has 1 aromatic heterocycles. The molecule has 0 amide bonds. The fraction of sp³-hybridized carbons (Fsp3) is 0.174. The molecule has 8 heteroatoms. The van der Waals surface area contributed by atoms with Gasteiger partial charge in [0, 0.05) is 6.54 Å². The van der Waals surface area contributed by atoms with Crippen LogP contribution in [0.2, 0.25) is 0 Å². The van der Waals surface area contributed by atoms with E-state index in [4.69, 9.17) is 5.11 Å². The van der Waals surface area contributed by atoms with Crippen LogP contribution in [0.4, 0.5) is 13.2 Å². The topological polar surface area (TPSA) is 49.8 Å². The van der Waals surface area contributed by atoms with Gasteiger partial charge in [0.25, 0.3) is 0 Å². The predicted molar refractivity (Wildman–Crippen MR) is 115 cm³/mol. The predicted octanol–water partition coefficient (Wildman–Crippen LogP) is 5.76. The van der Waals surface area contributed by atoms with Crippen molar-refractivity contribution in [3.8, 4) is 16.9 Å². The zero-order chi connectivity index (χ0) is 22.4. The molecule has 0 radical (unpaired) electrons. The lowest BCUT2D eigenvalue weighted by Gasteiger charge is -2.14. The van der Waals surface area contributed by atoms with Gasteiger partial charge in [0.2, 0.25) is 0 Å². The number of likely N-dealkylation sites (N-methyl/N-ethyl adjacent to an activating group) is 1. The van der Waals surface area contributed by atoms with E-state index in [0.29, 0.717) is 12.1 Å². The quantitative estimate of drug-likeness (QED) is 0.477. The van der Waals surface area contributed by atoms with Crippen LogP contribution in [0.25, 0.3) is 16.7 Å². The highest BCUT2D eigenvalue weighted by atomic mass is 32.1. The van der Waals surface area contributed by atoms with Crippen molar-refractivity contribution in [2.45, 2.75) is 6.36 Å². The molecule has 0 unspecified atom stereocenters. The molecule has 1 heterocycles. The first-order valence-electron chi connectivity index (χ1n) is 9.31. The van der Waals surface area contributed by atoms with E-state index in [9.17, 15) is 18.0 Å². The van der Waals surface area contributed by atoms with Crippen LogP contribution in [0.1, 0.15) is 11.1 Å². The number of nitrogens with zero attached hydrogens (tertiary/aromatic N) is 1. The lowest BCUT2D eigenvalue weighted by Crippen LogP contribution is -2.25. The lowest BCUT2D eigenvalue weighted by atomic mass is 9.97. The zero-order valence-electron chi connectivity index (χ0n) is 16.6. The summed E-state index contributed by atoms with van der Waals surface area (Å²) in [6, 6.07) is 15.3. The maximum atomic E-state index is 12.5. The summed E-state index contributed by atoms with van der Waals surface area (Å²) in [5.41, 5.74) is 4.26. The Morgan fingerprint density at radius 3 is 2.45 bits per heavy atom. The molecular formula is C23H20F3NO3S. The molecule has 3 aromatic rings. The number of aliphatic carboxylic acids is 1. The summed E-state index contributed by atoms with van der Waals surface area (Å²) in [5.74, 6) is -1.16. The first-order chi connectivity index (χ1) is 14.7. The Bertz CT molecular complexity index is 1040. The summed E-state index contributed by atoms with van der Waals surface area (Å²) in [6.07, 6.45) is -2.77. The van der Waals surface area contributed by atoms with Crippen LogP contribution in [0.3, 0.4) is 0 Å². The molecule has 1 N–H and O–H groups in total. The van der Waals surface area contributed by atoms with Crippen LogP contribution < -0.4 is 4.74 Å². The smallest absolute Gasteiger partial charge is 0.480 e. The van der Waals surface area contributed by atoms with Crippen molar-refractivity contribution in [3.05, 3.63) is 82.6 Å². The Morgan fingerprint density at radius 2 is 1.84 bits per heavy atom. The summed E-state index contributed by atoms with van der Waals surface area (Å²) in [7, 11) is 1.73. The van der Waals surface area contributed by atoms with Gasteiger partial charge in [-0.1, -0.05) is 42.5 Å². The van der Waals surface area contributed by atoms with Gasteiger partial charge in [-0.2, -0.15) is 11.3 Å². The van der Waals surface area contributed by atoms with Crippen LogP contribution >= 0.6 is 11.3 Å². The minimum absolute atomic E-state index is 0.0668. The molecule has 4 nitrogen and oxygen atoms in total. The number of hydrogen-bond acceptors (Lipinski definition) is 4. The van der Waals surface area contributed by atoms with Gasteiger partial charge >= 0.3 is 12.3 Å². The average molecular weight is 447 g/mol. The SMILES string of the molecule is CN(CC=C(c1ccc(-c2cccc(OC(F)(F)F)c2)cc1)c1ccsc1)CC(=O)O. The summed E-state index contributed by atoms with van der Waals surface area (Å²) < 4.78 is 41.5. The van der Waals surface area contributed by atoms with Gasteiger partial charge in [0.1, 0.15) is 5.75 Å². The fourth-order valence-corrected chi connectivity index (χ4v) is 3.73. The number of benzene rings is 2. The Kier molecular flexibility index (Phi) is 7.14. The van der Waals surface area contributed by atoms with E-state index in [1.165, 1.54) is 18.2 Å². The van der Waals surface area contributed by atoms with Gasteiger partial charge in [-0.05, 0) is 63.8 Å². The molecule has 0 saturated heterocycles. The average Bonchev–Trinajstić information content (AvgIpc) is 3.21. The number of alkyl halides is 3. The molecule has 0 bridgehead atoms. The molecule has 0 aliphatic rings. The third kappa shape index (κ3) is 6.70. The number of ether oxygens (including phenoxy) is 1. The molecule has 0 saturated carbocycles. The third-order valence-electron chi connectivity index (χ3n) is 4.44. The van der Waals surface area contributed by atoms with E-state index >= 15 is 0 Å². The molecule has 0 spiro atoms. The number of thiophene rings is 1. The van der Waals surface area contributed by atoms with Crippen molar-refractivity contribution in [2.24, 2.45) is 0 Å². The largest absolute Gasteiger partial charge is 0.573 e. The van der Waals surface area contributed by atoms with E-state index in [1.54, 1.807) is 29.4 Å². The van der Waals surface area contributed by atoms with Crippen molar-refractivity contribution in [2.75, 3.05) is 20.1 Å². The normalized spacial score (nSPS) is 12.2. The van der Waals surface area contributed by atoms with Gasteiger partial charge in [-0.15, -0.1) is 13.2 Å². The molecule has 2 aromatic carbocycles. The number of carboxylic acid groups (broad SMARTS) is 1. The Balaban J connectivity index is 1.85. The van der Waals surface area contributed by atoms with Crippen LogP contribution in [0.5, 0.6) is 5.75 Å². The Hall–Kier alpha value is -3.10. The molecular weight excluding hydrogens is 427 g/mol. The number of hydrogen-bond donors (Lipinski definition) is 1. The molecule has 162 valence electrons. The molecule has 0 aliphatic carbocycles. The van der Waals surface area contributed by atoms with Crippen molar-refractivity contribution in [1.29, 1.82) is 0 Å². The number of rotatable bonds is 8. The van der Waals surface area contributed by atoms with Gasteiger partial charge in [-0.3, -0.25) is 9.69 Å². The maximum Gasteiger partial charge on any atom is 0.573 e. The van der Waals surface area contributed by atoms with Crippen molar-refractivity contribution >= 4 is 22.9 Å². The highest BCUT2D eigenvalue weighted by Crippen LogP contribution is 2.30.